The first-order valence-corrected chi connectivity index (χ1v) is 11.3. The van der Waals surface area contributed by atoms with Crippen LogP contribution in [0.15, 0.2) is 42.5 Å². The lowest BCUT2D eigenvalue weighted by atomic mass is 9.75. The summed E-state index contributed by atoms with van der Waals surface area (Å²) < 4.78 is 24.7. The highest BCUT2D eigenvalue weighted by Crippen LogP contribution is 2.36. The zero-order valence-corrected chi connectivity index (χ0v) is 18.1. The third-order valence-corrected chi connectivity index (χ3v) is 6.08. The lowest BCUT2D eigenvalue weighted by Gasteiger charge is -2.31. The SMILES string of the molecule is CCCC1CCCCC1CCCOc1ccc(C(=O)Oc2ccc(C#N)c(F)c2)cc1. The number of nitriles is 1. The van der Waals surface area contributed by atoms with E-state index >= 15 is 0 Å². The van der Waals surface area contributed by atoms with Crippen LogP contribution in [0.2, 0.25) is 0 Å². The number of hydrogen-bond donors (Lipinski definition) is 0. The van der Waals surface area contributed by atoms with Crippen molar-refractivity contribution in [3.8, 4) is 17.6 Å². The van der Waals surface area contributed by atoms with Crippen LogP contribution in [0, 0.1) is 29.0 Å². The van der Waals surface area contributed by atoms with Gasteiger partial charge in [0.15, 0.2) is 0 Å². The van der Waals surface area contributed by atoms with Gasteiger partial charge in [-0.15, -0.1) is 0 Å². The maximum atomic E-state index is 13.7. The van der Waals surface area contributed by atoms with Crippen molar-refractivity contribution in [2.24, 2.45) is 11.8 Å². The topological polar surface area (TPSA) is 59.3 Å². The first-order valence-electron chi connectivity index (χ1n) is 11.3. The van der Waals surface area contributed by atoms with Crippen molar-refractivity contribution >= 4 is 5.97 Å². The zero-order chi connectivity index (χ0) is 22.1. The molecule has 1 aliphatic carbocycles. The molecular formula is C26H30FNO3. The van der Waals surface area contributed by atoms with Crippen LogP contribution in [0.1, 0.15) is 74.2 Å². The Kier molecular flexibility index (Phi) is 8.46. The maximum absolute atomic E-state index is 13.7. The predicted octanol–water partition coefficient (Wildman–Crippen LogP) is 6.68. The minimum absolute atomic E-state index is 0.0610. The van der Waals surface area contributed by atoms with Crippen LogP contribution in [0.3, 0.4) is 0 Å². The van der Waals surface area contributed by atoms with Gasteiger partial charge >= 0.3 is 5.97 Å². The molecule has 5 heteroatoms. The Morgan fingerprint density at radius 1 is 1.06 bits per heavy atom. The van der Waals surface area contributed by atoms with E-state index in [-0.39, 0.29) is 11.3 Å². The summed E-state index contributed by atoms with van der Waals surface area (Å²) in [6.45, 7) is 2.94. The van der Waals surface area contributed by atoms with Crippen molar-refractivity contribution in [3.63, 3.8) is 0 Å². The van der Waals surface area contributed by atoms with Gasteiger partial charge in [-0.25, -0.2) is 9.18 Å². The number of nitrogens with zero attached hydrogens (tertiary/aromatic N) is 1. The van der Waals surface area contributed by atoms with Gasteiger partial charge in [0.1, 0.15) is 23.4 Å². The molecule has 1 fully saturated rings. The summed E-state index contributed by atoms with van der Waals surface area (Å²) in [6.07, 6.45) is 10.3. The molecule has 0 spiro atoms. The van der Waals surface area contributed by atoms with E-state index in [9.17, 15) is 9.18 Å². The molecule has 4 nitrogen and oxygen atoms in total. The van der Waals surface area contributed by atoms with E-state index in [1.54, 1.807) is 30.3 Å². The van der Waals surface area contributed by atoms with Crippen LogP contribution < -0.4 is 9.47 Å². The van der Waals surface area contributed by atoms with Gasteiger partial charge in [0.05, 0.1) is 17.7 Å². The van der Waals surface area contributed by atoms with E-state index in [1.807, 2.05) is 0 Å². The number of benzene rings is 2. The number of carbonyl (C=O) groups excluding carboxylic acids is 1. The van der Waals surface area contributed by atoms with E-state index < -0.39 is 11.8 Å². The number of hydrogen-bond acceptors (Lipinski definition) is 4. The Balaban J connectivity index is 1.45. The summed E-state index contributed by atoms with van der Waals surface area (Å²) in [5.74, 6) is 1.19. The van der Waals surface area contributed by atoms with Crippen molar-refractivity contribution in [3.05, 3.63) is 59.4 Å². The van der Waals surface area contributed by atoms with Gasteiger partial charge in [0, 0.05) is 6.07 Å². The van der Waals surface area contributed by atoms with Gasteiger partial charge in [0.25, 0.3) is 0 Å². The van der Waals surface area contributed by atoms with Crippen molar-refractivity contribution in [1.82, 2.24) is 0 Å². The average Bonchev–Trinajstić information content (AvgIpc) is 2.78. The number of carbonyl (C=O) groups is 1. The average molecular weight is 424 g/mol. The van der Waals surface area contributed by atoms with Gasteiger partial charge in [0.2, 0.25) is 0 Å². The Hall–Kier alpha value is -2.87. The molecule has 2 aromatic carbocycles. The molecule has 2 aromatic rings. The maximum Gasteiger partial charge on any atom is 0.343 e. The molecule has 0 aromatic heterocycles. The van der Waals surface area contributed by atoms with Crippen LogP contribution in [0.25, 0.3) is 0 Å². The Labute approximate surface area is 184 Å². The summed E-state index contributed by atoms with van der Waals surface area (Å²) in [6, 6.07) is 12.2. The minimum Gasteiger partial charge on any atom is -0.494 e. The molecule has 0 amide bonds. The monoisotopic (exact) mass is 423 g/mol. The fourth-order valence-corrected chi connectivity index (χ4v) is 4.45. The molecule has 3 rings (SSSR count). The van der Waals surface area contributed by atoms with Crippen LogP contribution in [0.5, 0.6) is 11.5 Å². The van der Waals surface area contributed by atoms with Crippen LogP contribution in [0.4, 0.5) is 4.39 Å². The smallest absolute Gasteiger partial charge is 0.343 e. The van der Waals surface area contributed by atoms with Crippen molar-refractivity contribution in [2.75, 3.05) is 6.61 Å². The van der Waals surface area contributed by atoms with Gasteiger partial charge in [-0.2, -0.15) is 5.26 Å². The highest BCUT2D eigenvalue weighted by atomic mass is 19.1. The summed E-state index contributed by atoms with van der Waals surface area (Å²) in [4.78, 5) is 12.3. The van der Waals surface area contributed by atoms with E-state index in [4.69, 9.17) is 14.7 Å². The van der Waals surface area contributed by atoms with Gasteiger partial charge in [-0.1, -0.05) is 45.4 Å². The standard InChI is InChI=1S/C26H30FNO3/c1-2-6-19-7-3-4-8-20(19)9-5-16-30-23-13-10-21(11-14-23)26(29)31-24-15-12-22(18-28)25(27)17-24/h10-15,17,19-20H,2-9,16H2,1H3. The molecule has 0 radical (unpaired) electrons. The molecule has 31 heavy (non-hydrogen) atoms. The molecule has 2 atom stereocenters. The molecule has 1 aliphatic rings. The van der Waals surface area contributed by atoms with Gasteiger partial charge in [-0.3, -0.25) is 0 Å². The Bertz CT molecular complexity index is 902. The normalized spacial score (nSPS) is 18.2. The molecule has 0 bridgehead atoms. The minimum atomic E-state index is -0.717. The quantitative estimate of drug-likeness (QED) is 0.256. The second-order valence-corrected chi connectivity index (χ2v) is 8.25. The molecule has 0 saturated heterocycles. The summed E-state index contributed by atoms with van der Waals surface area (Å²) in [7, 11) is 0. The number of halogens is 1. The van der Waals surface area contributed by atoms with E-state index in [0.29, 0.717) is 12.2 Å². The highest BCUT2D eigenvalue weighted by molar-refractivity contribution is 5.91. The zero-order valence-electron chi connectivity index (χ0n) is 18.1. The fourth-order valence-electron chi connectivity index (χ4n) is 4.45. The molecule has 1 saturated carbocycles. The predicted molar refractivity (Wildman–Crippen MR) is 118 cm³/mol. The number of rotatable bonds is 9. The van der Waals surface area contributed by atoms with E-state index in [2.05, 4.69) is 6.92 Å². The molecule has 164 valence electrons. The lowest BCUT2D eigenvalue weighted by Crippen LogP contribution is -2.20. The molecule has 0 N–H and O–H groups in total. The first-order chi connectivity index (χ1) is 15.1. The first kappa shape index (κ1) is 22.8. The second-order valence-electron chi connectivity index (χ2n) is 8.25. The van der Waals surface area contributed by atoms with E-state index in [1.165, 1.54) is 57.1 Å². The van der Waals surface area contributed by atoms with Gasteiger partial charge in [-0.05, 0) is 61.1 Å². The van der Waals surface area contributed by atoms with Crippen molar-refractivity contribution in [1.29, 1.82) is 5.26 Å². The third-order valence-electron chi connectivity index (χ3n) is 6.08. The Morgan fingerprint density at radius 2 is 1.74 bits per heavy atom. The van der Waals surface area contributed by atoms with Gasteiger partial charge < -0.3 is 9.47 Å². The lowest BCUT2D eigenvalue weighted by molar-refractivity contribution is 0.0734. The van der Waals surface area contributed by atoms with Crippen LogP contribution >= 0.6 is 0 Å². The second kappa shape index (κ2) is 11.5. The fraction of sp³-hybridized carbons (Fsp3) is 0.462. The molecule has 2 unspecified atom stereocenters. The summed E-state index contributed by atoms with van der Waals surface area (Å²) in [5, 5.41) is 8.76. The van der Waals surface area contributed by atoms with E-state index in [0.717, 1.165) is 30.1 Å². The molecule has 0 heterocycles. The molecule has 0 aliphatic heterocycles. The van der Waals surface area contributed by atoms with Crippen molar-refractivity contribution in [2.45, 2.75) is 58.3 Å². The summed E-state index contributed by atoms with van der Waals surface area (Å²) >= 11 is 0. The molecular weight excluding hydrogens is 393 g/mol. The Morgan fingerprint density at radius 3 is 2.39 bits per heavy atom. The number of ether oxygens (including phenoxy) is 2. The van der Waals surface area contributed by atoms with Crippen LogP contribution in [-0.4, -0.2) is 12.6 Å². The highest BCUT2D eigenvalue weighted by Gasteiger charge is 2.23. The van der Waals surface area contributed by atoms with Crippen molar-refractivity contribution < 1.29 is 18.7 Å². The number of esters is 1. The van der Waals surface area contributed by atoms with Crippen LogP contribution in [-0.2, 0) is 0 Å². The largest absolute Gasteiger partial charge is 0.494 e. The summed E-state index contributed by atoms with van der Waals surface area (Å²) in [5.41, 5.74) is 0.257. The third kappa shape index (κ3) is 6.55.